The lowest BCUT2D eigenvalue weighted by molar-refractivity contribution is 0.655. The van der Waals surface area contributed by atoms with E-state index < -0.39 is 0 Å². The van der Waals surface area contributed by atoms with Gasteiger partial charge in [-0.15, -0.1) is 0 Å². The lowest BCUT2D eigenvalue weighted by atomic mass is 9.81. The Balaban J connectivity index is 1.07. The van der Waals surface area contributed by atoms with Crippen molar-refractivity contribution in [2.24, 2.45) is 0 Å². The molecule has 2 heterocycles. The second kappa shape index (κ2) is 10.2. The molecule has 0 aliphatic heterocycles. The molecule has 0 unspecified atom stereocenters. The van der Waals surface area contributed by atoms with Crippen LogP contribution in [0.25, 0.3) is 104 Å². The molecule has 12 rings (SSSR count). The Morgan fingerprint density at radius 1 is 0.453 bits per heavy atom. The monoisotopic (exact) mass is 675 g/mol. The molecule has 2 aromatic heterocycles. The predicted molar refractivity (Wildman–Crippen MR) is 224 cm³/mol. The molecule has 2 nitrogen and oxygen atoms in total. The normalized spacial score (nSPS) is 13.6. The minimum absolute atomic E-state index is 0.235. The molecule has 0 bridgehead atoms. The van der Waals surface area contributed by atoms with Gasteiger partial charge < -0.3 is 8.98 Å². The maximum absolute atomic E-state index is 6.65. The summed E-state index contributed by atoms with van der Waals surface area (Å²) in [5.41, 5.74) is 12.9. The summed E-state index contributed by atoms with van der Waals surface area (Å²) in [7, 11) is 0. The van der Waals surface area contributed by atoms with Gasteiger partial charge in [0.05, 0.1) is 11.0 Å². The third-order valence-corrected chi connectivity index (χ3v) is 12.2. The van der Waals surface area contributed by atoms with Crippen LogP contribution < -0.4 is 0 Å². The van der Waals surface area contributed by atoms with E-state index in [1.807, 2.05) is 0 Å². The first-order valence-corrected chi connectivity index (χ1v) is 18.5. The zero-order valence-electron chi connectivity index (χ0n) is 29.4. The van der Waals surface area contributed by atoms with Crippen molar-refractivity contribution in [3.8, 4) is 27.9 Å². The highest BCUT2D eigenvalue weighted by Gasteiger charge is 2.40. The van der Waals surface area contributed by atoms with Crippen LogP contribution in [0.15, 0.2) is 168 Å². The number of rotatable bonds is 2. The molecule has 0 spiro atoms. The van der Waals surface area contributed by atoms with Gasteiger partial charge in [0.15, 0.2) is 0 Å². The van der Waals surface area contributed by atoms with E-state index >= 15 is 0 Å². The molecule has 11 aromatic rings. The van der Waals surface area contributed by atoms with Crippen LogP contribution in [0.5, 0.6) is 0 Å². The molecule has 0 amide bonds. The van der Waals surface area contributed by atoms with Crippen molar-refractivity contribution in [2.75, 3.05) is 0 Å². The minimum atomic E-state index is -0.235. The SMILES string of the molecule is CC1(C)c2ccc3c(oc4ccccc43)c2-c2ccc3c4ccccc4n(-c4ccc(-c5ccc6c7ccccc7c7ccccc7c6c5)cc4)c3c21. The van der Waals surface area contributed by atoms with Gasteiger partial charge in [0, 0.05) is 38.2 Å². The van der Waals surface area contributed by atoms with Crippen LogP contribution in [-0.2, 0) is 5.41 Å². The maximum Gasteiger partial charge on any atom is 0.143 e. The number of hydrogen-bond acceptors (Lipinski definition) is 1. The van der Waals surface area contributed by atoms with Gasteiger partial charge in [-0.3, -0.25) is 0 Å². The summed E-state index contributed by atoms with van der Waals surface area (Å²) in [5, 5.41) is 12.7. The Morgan fingerprint density at radius 3 is 1.75 bits per heavy atom. The molecule has 2 heteroatoms. The molecule has 0 saturated heterocycles. The van der Waals surface area contributed by atoms with E-state index in [0.29, 0.717) is 0 Å². The van der Waals surface area contributed by atoms with Gasteiger partial charge in [0.1, 0.15) is 11.2 Å². The molecule has 0 fully saturated rings. The lowest BCUT2D eigenvalue weighted by Crippen LogP contribution is -2.16. The fourth-order valence-corrected chi connectivity index (χ4v) is 9.77. The standard InChI is InChI=1S/C51H33NO/c1-51(2)44-28-27-41-39-16-8-10-18-46(39)53-50(41)47(44)42-26-25-40-38-15-7-9-17-45(38)52(49(40)48(42)51)32-22-19-30(20-23-32)31-21-24-37-35-13-4-3-11-33(35)34-12-5-6-14-36(34)43(37)29-31/h3-29H,1-2H3. The van der Waals surface area contributed by atoms with Crippen molar-refractivity contribution in [2.45, 2.75) is 19.3 Å². The zero-order valence-corrected chi connectivity index (χ0v) is 29.4. The Morgan fingerprint density at radius 2 is 1.02 bits per heavy atom. The molecule has 0 radical (unpaired) electrons. The van der Waals surface area contributed by atoms with Gasteiger partial charge in [-0.1, -0.05) is 147 Å². The van der Waals surface area contributed by atoms with Crippen molar-refractivity contribution >= 4 is 76.1 Å². The van der Waals surface area contributed by atoms with Crippen molar-refractivity contribution in [3.63, 3.8) is 0 Å². The van der Waals surface area contributed by atoms with Gasteiger partial charge in [-0.25, -0.2) is 0 Å². The van der Waals surface area contributed by atoms with Crippen molar-refractivity contribution < 1.29 is 4.42 Å². The van der Waals surface area contributed by atoms with Crippen LogP contribution in [0.4, 0.5) is 0 Å². The van der Waals surface area contributed by atoms with Crippen LogP contribution in [0.2, 0.25) is 0 Å². The summed E-state index contributed by atoms with van der Waals surface area (Å²) in [6, 6.07) is 60.3. The van der Waals surface area contributed by atoms with E-state index in [-0.39, 0.29) is 5.41 Å². The van der Waals surface area contributed by atoms with Gasteiger partial charge in [-0.05, 0) is 90.5 Å². The zero-order chi connectivity index (χ0) is 35.0. The van der Waals surface area contributed by atoms with Gasteiger partial charge in [0.2, 0.25) is 0 Å². The molecule has 1 aliphatic rings. The molecule has 1 aliphatic carbocycles. The van der Waals surface area contributed by atoms with E-state index in [1.54, 1.807) is 0 Å². The molecule has 9 aromatic carbocycles. The Hall–Kier alpha value is -6.64. The second-order valence-electron chi connectivity index (χ2n) is 15.2. The molecule has 0 N–H and O–H groups in total. The maximum atomic E-state index is 6.65. The van der Waals surface area contributed by atoms with Crippen LogP contribution in [0, 0.1) is 0 Å². The Bertz CT molecular complexity index is 3320. The largest absolute Gasteiger partial charge is 0.455 e. The first-order valence-electron chi connectivity index (χ1n) is 18.5. The highest BCUT2D eigenvalue weighted by molar-refractivity contribution is 6.26. The smallest absolute Gasteiger partial charge is 0.143 e. The number of aromatic nitrogens is 1. The van der Waals surface area contributed by atoms with Gasteiger partial charge >= 0.3 is 0 Å². The summed E-state index contributed by atoms with van der Waals surface area (Å²) in [4.78, 5) is 0. The number of nitrogens with zero attached hydrogens (tertiary/aromatic N) is 1. The number of benzene rings is 9. The first kappa shape index (κ1) is 29.0. The van der Waals surface area contributed by atoms with E-state index in [1.165, 1.54) is 98.3 Å². The quantitative estimate of drug-likeness (QED) is 0.167. The number of fused-ring (bicyclic) bond motifs is 17. The highest BCUT2D eigenvalue weighted by atomic mass is 16.3. The predicted octanol–water partition coefficient (Wildman–Crippen LogP) is 14.1. The van der Waals surface area contributed by atoms with E-state index in [9.17, 15) is 0 Å². The third kappa shape index (κ3) is 3.77. The Kier molecular flexibility index (Phi) is 5.60. The summed E-state index contributed by atoms with van der Waals surface area (Å²) >= 11 is 0. The van der Waals surface area contributed by atoms with Crippen LogP contribution in [0.3, 0.4) is 0 Å². The number of para-hydroxylation sites is 2. The summed E-state index contributed by atoms with van der Waals surface area (Å²) < 4.78 is 9.15. The molecule has 53 heavy (non-hydrogen) atoms. The highest BCUT2D eigenvalue weighted by Crippen LogP contribution is 2.55. The average Bonchev–Trinajstić information content (AvgIpc) is 3.83. The van der Waals surface area contributed by atoms with Crippen LogP contribution in [0.1, 0.15) is 25.0 Å². The third-order valence-electron chi connectivity index (χ3n) is 12.2. The summed E-state index contributed by atoms with van der Waals surface area (Å²) in [5.74, 6) is 0. The van der Waals surface area contributed by atoms with E-state index in [0.717, 1.165) is 16.9 Å². The minimum Gasteiger partial charge on any atom is -0.455 e. The van der Waals surface area contributed by atoms with Crippen molar-refractivity contribution in [1.29, 1.82) is 0 Å². The number of hydrogen-bond donors (Lipinski definition) is 0. The van der Waals surface area contributed by atoms with Crippen molar-refractivity contribution in [1.82, 2.24) is 4.57 Å². The summed E-state index contributed by atoms with van der Waals surface area (Å²) in [6.07, 6.45) is 0. The van der Waals surface area contributed by atoms with Gasteiger partial charge in [-0.2, -0.15) is 0 Å². The fourth-order valence-electron chi connectivity index (χ4n) is 9.77. The Labute approximate surface area is 306 Å². The van der Waals surface area contributed by atoms with E-state index in [4.69, 9.17) is 4.42 Å². The molecule has 248 valence electrons. The van der Waals surface area contributed by atoms with Crippen LogP contribution >= 0.6 is 0 Å². The summed E-state index contributed by atoms with van der Waals surface area (Å²) in [6.45, 7) is 4.76. The fraction of sp³-hybridized carbons (Fsp3) is 0.0588. The topological polar surface area (TPSA) is 18.1 Å². The van der Waals surface area contributed by atoms with E-state index in [2.05, 4.69) is 182 Å². The first-order chi connectivity index (χ1) is 26.1. The number of furan rings is 1. The van der Waals surface area contributed by atoms with Gasteiger partial charge in [0.25, 0.3) is 0 Å². The molecule has 0 saturated carbocycles. The van der Waals surface area contributed by atoms with Crippen LogP contribution in [-0.4, -0.2) is 4.57 Å². The molecular formula is C51H33NO. The average molecular weight is 676 g/mol. The second-order valence-corrected chi connectivity index (χ2v) is 15.2. The molecular weight excluding hydrogens is 643 g/mol. The lowest BCUT2D eigenvalue weighted by Gasteiger charge is -2.23. The molecule has 0 atom stereocenters. The van der Waals surface area contributed by atoms with Crippen molar-refractivity contribution in [3.05, 3.63) is 175 Å².